The van der Waals surface area contributed by atoms with Crippen LogP contribution in [0.2, 0.25) is 5.54 Å². The van der Waals surface area contributed by atoms with Gasteiger partial charge in [-0.25, -0.2) is 0 Å². The first-order chi connectivity index (χ1) is 5.00. The van der Waals surface area contributed by atoms with E-state index < -0.39 is 6.00 Å². The highest BCUT2D eigenvalue weighted by Gasteiger charge is 2.37. The molecule has 0 nitrogen and oxygen atoms in total. The normalized spacial score (nSPS) is 26.5. The summed E-state index contributed by atoms with van der Waals surface area (Å²) < 4.78 is 0. The van der Waals surface area contributed by atoms with Crippen molar-refractivity contribution in [1.82, 2.24) is 0 Å². The van der Waals surface area contributed by atoms with Crippen molar-refractivity contribution in [2.45, 2.75) is 31.7 Å². The molecule has 1 aliphatic rings. The van der Waals surface area contributed by atoms with Crippen molar-refractivity contribution in [1.29, 1.82) is 0 Å². The Labute approximate surface area is 82.6 Å². The van der Waals surface area contributed by atoms with Crippen molar-refractivity contribution in [3.05, 3.63) is 11.6 Å². The van der Waals surface area contributed by atoms with Crippen LogP contribution < -0.4 is 0 Å². The predicted molar refractivity (Wildman–Crippen MR) is 54.7 cm³/mol. The average Bonchev–Trinajstić information content (AvgIpc) is 1.86. The van der Waals surface area contributed by atoms with E-state index >= 15 is 0 Å². The van der Waals surface area contributed by atoms with Gasteiger partial charge in [0.05, 0.1) is 0 Å². The molecule has 0 heterocycles. The second kappa shape index (κ2) is 3.69. The first-order valence-electron chi connectivity index (χ1n) is 3.72. The molecule has 0 aliphatic heterocycles. The van der Waals surface area contributed by atoms with Gasteiger partial charge in [-0.2, -0.15) is 0 Å². The van der Waals surface area contributed by atoms with Crippen LogP contribution in [0.25, 0.3) is 0 Å². The van der Waals surface area contributed by atoms with Crippen molar-refractivity contribution in [2.75, 3.05) is 0 Å². The van der Waals surface area contributed by atoms with Gasteiger partial charge in [0.1, 0.15) is 0 Å². The minimum atomic E-state index is -2.42. The van der Waals surface area contributed by atoms with Crippen molar-refractivity contribution in [3.63, 3.8) is 0 Å². The van der Waals surface area contributed by atoms with Gasteiger partial charge in [0.15, 0.2) is 0 Å². The maximum Gasteiger partial charge on any atom is 0.344 e. The number of allylic oxidation sites excluding steroid dienone is 2. The minimum Gasteiger partial charge on any atom is -0.126 e. The van der Waals surface area contributed by atoms with E-state index in [0.717, 1.165) is 19.3 Å². The predicted octanol–water partition coefficient (Wildman–Crippen LogP) is 4.14. The first kappa shape index (κ1) is 9.91. The number of halogens is 3. The maximum absolute atomic E-state index is 5.92. The van der Waals surface area contributed by atoms with E-state index in [-0.39, 0.29) is 0 Å². The molecule has 0 N–H and O–H groups in total. The summed E-state index contributed by atoms with van der Waals surface area (Å²) in [5, 5.41) is 0. The van der Waals surface area contributed by atoms with E-state index in [0.29, 0.717) is 5.54 Å². The molecule has 0 saturated carbocycles. The fourth-order valence-electron chi connectivity index (χ4n) is 1.38. The van der Waals surface area contributed by atoms with E-state index in [1.165, 1.54) is 5.57 Å². The lowest BCUT2D eigenvalue weighted by atomic mass is 10.0. The van der Waals surface area contributed by atoms with Crippen LogP contribution >= 0.6 is 33.2 Å². The number of hydrogen-bond donors (Lipinski definition) is 0. The number of hydrogen-bond acceptors (Lipinski definition) is 0. The standard InChI is InChI=1S/C7H11Cl3Si/c1-6-3-2-4-7(5-6)11(8,9)10/h3,7H,2,4-5H2,1H3. The fourth-order valence-corrected chi connectivity index (χ4v) is 4.11. The summed E-state index contributed by atoms with van der Waals surface area (Å²) in [5.74, 6) is 0. The first-order valence-corrected chi connectivity index (χ1v) is 8.84. The van der Waals surface area contributed by atoms with Crippen molar-refractivity contribution in [3.8, 4) is 0 Å². The molecule has 0 radical (unpaired) electrons. The van der Waals surface area contributed by atoms with Crippen LogP contribution in [-0.2, 0) is 0 Å². The molecule has 1 atom stereocenters. The van der Waals surface area contributed by atoms with Crippen LogP contribution in [0, 0.1) is 0 Å². The van der Waals surface area contributed by atoms with Crippen LogP contribution in [0.1, 0.15) is 26.2 Å². The zero-order chi connectivity index (χ0) is 8.48. The van der Waals surface area contributed by atoms with E-state index in [1.54, 1.807) is 0 Å². The largest absolute Gasteiger partial charge is 0.344 e. The third kappa shape index (κ3) is 2.98. The molecule has 0 amide bonds. The van der Waals surface area contributed by atoms with E-state index in [1.807, 2.05) is 0 Å². The molecule has 0 saturated heterocycles. The van der Waals surface area contributed by atoms with Gasteiger partial charge in [-0.05, 0) is 31.7 Å². The highest BCUT2D eigenvalue weighted by atomic mass is 35.8. The summed E-state index contributed by atoms with van der Waals surface area (Å²) in [6.45, 7) is 2.11. The Balaban J connectivity index is 2.58. The van der Waals surface area contributed by atoms with Crippen LogP contribution in [-0.4, -0.2) is 6.00 Å². The average molecular weight is 230 g/mol. The fraction of sp³-hybridized carbons (Fsp3) is 0.714. The van der Waals surface area contributed by atoms with Gasteiger partial charge in [-0.15, -0.1) is 33.2 Å². The summed E-state index contributed by atoms with van der Waals surface area (Å²) >= 11 is 17.8. The molecule has 0 aromatic rings. The van der Waals surface area contributed by atoms with Crippen molar-refractivity contribution >= 4 is 39.2 Å². The molecule has 0 fully saturated rings. The van der Waals surface area contributed by atoms with Gasteiger partial charge in [-0.1, -0.05) is 11.6 Å². The SMILES string of the molecule is CC1=CCCC([Si](Cl)(Cl)Cl)C1. The molecule has 0 aromatic heterocycles. The van der Waals surface area contributed by atoms with Gasteiger partial charge < -0.3 is 0 Å². The number of rotatable bonds is 1. The molecule has 0 spiro atoms. The summed E-state index contributed by atoms with van der Waals surface area (Å²) in [6, 6.07) is -2.42. The van der Waals surface area contributed by atoms with Crippen LogP contribution in [0.5, 0.6) is 0 Å². The summed E-state index contributed by atoms with van der Waals surface area (Å²) in [6.07, 6.45) is 5.36. The lowest BCUT2D eigenvalue weighted by Gasteiger charge is -2.25. The summed E-state index contributed by atoms with van der Waals surface area (Å²) in [5.41, 5.74) is 1.72. The Morgan fingerprint density at radius 2 is 2.09 bits per heavy atom. The Hall–Kier alpha value is 0.827. The van der Waals surface area contributed by atoms with Gasteiger partial charge in [-0.3, -0.25) is 0 Å². The van der Waals surface area contributed by atoms with Crippen molar-refractivity contribution < 1.29 is 0 Å². The Morgan fingerprint density at radius 3 is 2.45 bits per heavy atom. The molecule has 64 valence electrons. The monoisotopic (exact) mass is 228 g/mol. The lowest BCUT2D eigenvalue weighted by molar-refractivity contribution is 0.693. The molecule has 4 heteroatoms. The van der Waals surface area contributed by atoms with Gasteiger partial charge in [0.2, 0.25) is 0 Å². The summed E-state index contributed by atoms with van der Waals surface area (Å²) in [7, 11) is 0. The molecule has 1 rings (SSSR count). The Bertz CT molecular complexity index is 171. The van der Waals surface area contributed by atoms with E-state index in [4.69, 9.17) is 33.2 Å². The highest BCUT2D eigenvalue weighted by Crippen LogP contribution is 2.43. The third-order valence-electron chi connectivity index (χ3n) is 2.04. The van der Waals surface area contributed by atoms with Gasteiger partial charge >= 0.3 is 6.00 Å². The Kier molecular flexibility index (Phi) is 3.33. The smallest absolute Gasteiger partial charge is 0.126 e. The zero-order valence-corrected chi connectivity index (χ0v) is 9.68. The molecular weight excluding hydrogens is 219 g/mol. The van der Waals surface area contributed by atoms with E-state index in [9.17, 15) is 0 Å². The van der Waals surface area contributed by atoms with Crippen LogP contribution in [0.3, 0.4) is 0 Å². The molecule has 0 aromatic carbocycles. The zero-order valence-electron chi connectivity index (χ0n) is 6.41. The highest BCUT2D eigenvalue weighted by molar-refractivity contribution is 7.65. The second-order valence-corrected chi connectivity index (χ2v) is 12.1. The Morgan fingerprint density at radius 1 is 1.45 bits per heavy atom. The molecule has 11 heavy (non-hydrogen) atoms. The molecule has 0 bridgehead atoms. The molecule has 1 unspecified atom stereocenters. The van der Waals surface area contributed by atoms with Crippen LogP contribution in [0.4, 0.5) is 0 Å². The lowest BCUT2D eigenvalue weighted by Crippen LogP contribution is -2.21. The maximum atomic E-state index is 5.92. The van der Waals surface area contributed by atoms with Gasteiger partial charge in [0.25, 0.3) is 0 Å². The minimum absolute atomic E-state index is 0.345. The second-order valence-electron chi connectivity index (χ2n) is 3.07. The topological polar surface area (TPSA) is 0 Å². The summed E-state index contributed by atoms with van der Waals surface area (Å²) in [4.78, 5) is 0. The quantitative estimate of drug-likeness (QED) is 0.360. The van der Waals surface area contributed by atoms with E-state index in [2.05, 4.69) is 13.0 Å². The molecular formula is C7H11Cl3Si. The van der Waals surface area contributed by atoms with Gasteiger partial charge in [0, 0.05) is 0 Å². The molecule has 1 aliphatic carbocycles. The third-order valence-corrected chi connectivity index (χ3v) is 6.24. The van der Waals surface area contributed by atoms with Crippen molar-refractivity contribution in [2.24, 2.45) is 0 Å². The van der Waals surface area contributed by atoms with Crippen LogP contribution in [0.15, 0.2) is 11.6 Å².